The summed E-state index contributed by atoms with van der Waals surface area (Å²) in [6.07, 6.45) is 1.70. The van der Waals surface area contributed by atoms with Crippen LogP contribution in [0.5, 0.6) is 5.75 Å². The van der Waals surface area contributed by atoms with E-state index in [1.165, 1.54) is 0 Å². The van der Waals surface area contributed by atoms with E-state index in [0.29, 0.717) is 11.4 Å². The van der Waals surface area contributed by atoms with Crippen molar-refractivity contribution in [3.8, 4) is 17.6 Å². The van der Waals surface area contributed by atoms with E-state index in [4.69, 9.17) is 4.74 Å². The third-order valence-electron chi connectivity index (χ3n) is 3.85. The Morgan fingerprint density at radius 3 is 2.74 bits per heavy atom. The summed E-state index contributed by atoms with van der Waals surface area (Å²) in [7, 11) is 0. The molecule has 4 heteroatoms. The Kier molecular flexibility index (Phi) is 5.86. The Morgan fingerprint density at radius 2 is 1.93 bits per heavy atom. The first-order chi connectivity index (χ1) is 13.1. The molecule has 3 aromatic rings. The molecule has 1 aromatic heterocycles. The molecule has 1 N–H and O–H groups in total. The van der Waals surface area contributed by atoms with Gasteiger partial charge >= 0.3 is 0 Å². The Hall–Kier alpha value is -3.58. The van der Waals surface area contributed by atoms with Crippen LogP contribution >= 0.6 is 0 Å². The maximum Gasteiger partial charge on any atom is 0.262 e. The van der Waals surface area contributed by atoms with Gasteiger partial charge in [0.25, 0.3) is 5.91 Å². The number of ether oxygens (including phenoxy) is 1. The van der Waals surface area contributed by atoms with Crippen molar-refractivity contribution in [3.63, 3.8) is 0 Å². The maximum absolute atomic E-state index is 12.2. The van der Waals surface area contributed by atoms with Crippen LogP contribution in [0.3, 0.4) is 0 Å². The van der Waals surface area contributed by atoms with Gasteiger partial charge in [0.2, 0.25) is 0 Å². The van der Waals surface area contributed by atoms with Gasteiger partial charge in [0.05, 0.1) is 0 Å². The Labute approximate surface area is 159 Å². The van der Waals surface area contributed by atoms with Crippen LogP contribution in [0.25, 0.3) is 0 Å². The van der Waals surface area contributed by atoms with E-state index in [9.17, 15) is 4.79 Å². The van der Waals surface area contributed by atoms with Crippen LogP contribution in [-0.4, -0.2) is 17.5 Å². The van der Waals surface area contributed by atoms with Crippen LogP contribution < -0.4 is 10.1 Å². The highest BCUT2D eigenvalue weighted by atomic mass is 16.5. The lowest BCUT2D eigenvalue weighted by Gasteiger charge is -2.10. The van der Waals surface area contributed by atoms with E-state index in [0.717, 1.165) is 22.4 Å². The average molecular weight is 356 g/mol. The van der Waals surface area contributed by atoms with Gasteiger partial charge in [-0.2, -0.15) is 0 Å². The minimum atomic E-state index is -0.217. The molecule has 0 atom stereocenters. The molecule has 0 radical (unpaired) electrons. The molecule has 3 rings (SSSR count). The maximum atomic E-state index is 12.2. The zero-order valence-corrected chi connectivity index (χ0v) is 15.3. The third-order valence-corrected chi connectivity index (χ3v) is 3.85. The van der Waals surface area contributed by atoms with Crippen molar-refractivity contribution >= 4 is 11.6 Å². The number of nitrogens with zero attached hydrogens (tertiary/aromatic N) is 1. The Morgan fingerprint density at radius 1 is 1.04 bits per heavy atom. The Balaban J connectivity index is 1.61. The molecule has 0 saturated carbocycles. The van der Waals surface area contributed by atoms with Crippen molar-refractivity contribution in [1.29, 1.82) is 0 Å². The molecule has 0 saturated heterocycles. The molecule has 0 aliphatic carbocycles. The van der Waals surface area contributed by atoms with Crippen molar-refractivity contribution in [3.05, 3.63) is 89.2 Å². The molecule has 0 spiro atoms. The number of amides is 1. The van der Waals surface area contributed by atoms with E-state index in [1.54, 1.807) is 6.20 Å². The lowest BCUT2D eigenvalue weighted by molar-refractivity contribution is -0.118. The fourth-order valence-electron chi connectivity index (χ4n) is 2.45. The van der Waals surface area contributed by atoms with Crippen molar-refractivity contribution in [2.75, 3.05) is 11.9 Å². The fourth-order valence-corrected chi connectivity index (χ4v) is 2.45. The van der Waals surface area contributed by atoms with Crippen LogP contribution in [0.2, 0.25) is 0 Å². The molecule has 0 bridgehead atoms. The topological polar surface area (TPSA) is 51.2 Å². The number of aryl methyl sites for hydroxylation is 2. The summed E-state index contributed by atoms with van der Waals surface area (Å²) in [6.45, 7) is 3.90. The number of anilines is 1. The summed E-state index contributed by atoms with van der Waals surface area (Å²) < 4.78 is 5.64. The second kappa shape index (κ2) is 8.68. The summed E-state index contributed by atoms with van der Waals surface area (Å²) in [5, 5.41) is 2.84. The predicted octanol–water partition coefficient (Wildman–Crippen LogP) is 4.12. The zero-order valence-electron chi connectivity index (χ0n) is 15.3. The number of aromatic nitrogens is 1. The van der Waals surface area contributed by atoms with Gasteiger partial charge in [0.15, 0.2) is 6.61 Å². The van der Waals surface area contributed by atoms with Gasteiger partial charge in [0, 0.05) is 17.4 Å². The zero-order chi connectivity index (χ0) is 19.1. The summed E-state index contributed by atoms with van der Waals surface area (Å²) >= 11 is 0. The third kappa shape index (κ3) is 5.45. The quantitative estimate of drug-likeness (QED) is 0.716. The van der Waals surface area contributed by atoms with Gasteiger partial charge in [-0.1, -0.05) is 30.2 Å². The van der Waals surface area contributed by atoms with E-state index in [-0.39, 0.29) is 12.5 Å². The van der Waals surface area contributed by atoms with Crippen LogP contribution in [-0.2, 0) is 4.79 Å². The van der Waals surface area contributed by atoms with Crippen molar-refractivity contribution in [2.24, 2.45) is 0 Å². The van der Waals surface area contributed by atoms with Crippen molar-refractivity contribution in [2.45, 2.75) is 13.8 Å². The average Bonchev–Trinajstić information content (AvgIpc) is 2.68. The molecule has 0 unspecified atom stereocenters. The minimum absolute atomic E-state index is 0.0475. The summed E-state index contributed by atoms with van der Waals surface area (Å²) in [4.78, 5) is 16.4. The van der Waals surface area contributed by atoms with Gasteiger partial charge < -0.3 is 10.1 Å². The van der Waals surface area contributed by atoms with E-state index < -0.39 is 0 Å². The molecule has 27 heavy (non-hydrogen) atoms. The molecule has 1 amide bonds. The SMILES string of the molecule is Cc1ccc(C)c(OCC(=O)Nc2cccc(C#Cc3ccccn3)c2)c1. The number of nitrogens with one attached hydrogen (secondary N) is 1. The first kappa shape index (κ1) is 18.2. The fraction of sp³-hybridized carbons (Fsp3) is 0.130. The summed E-state index contributed by atoms with van der Waals surface area (Å²) in [5.74, 6) is 6.56. The summed E-state index contributed by atoms with van der Waals surface area (Å²) in [5.41, 5.74) is 4.27. The second-order valence-corrected chi connectivity index (χ2v) is 6.15. The largest absolute Gasteiger partial charge is 0.483 e. The number of carbonyl (C=O) groups is 1. The van der Waals surface area contributed by atoms with Crippen molar-refractivity contribution in [1.82, 2.24) is 4.98 Å². The van der Waals surface area contributed by atoms with E-state index in [2.05, 4.69) is 22.1 Å². The normalized spacial score (nSPS) is 9.85. The number of hydrogen-bond donors (Lipinski definition) is 1. The molecule has 0 fully saturated rings. The first-order valence-electron chi connectivity index (χ1n) is 8.63. The number of carbonyl (C=O) groups excluding carboxylic acids is 1. The standard InChI is InChI=1S/C23H20N2O2/c1-17-9-10-18(2)22(14-17)27-16-23(26)25-21-8-5-6-19(15-21)11-12-20-7-3-4-13-24-20/h3-10,13-15H,16H2,1-2H3,(H,25,26). The highest BCUT2D eigenvalue weighted by molar-refractivity contribution is 5.92. The van der Waals surface area contributed by atoms with Gasteiger partial charge in [-0.15, -0.1) is 0 Å². The second-order valence-electron chi connectivity index (χ2n) is 6.15. The molecule has 1 heterocycles. The Bertz CT molecular complexity index is 1000. The molecular formula is C23H20N2O2. The smallest absolute Gasteiger partial charge is 0.262 e. The van der Waals surface area contributed by atoms with Crippen LogP contribution in [0.15, 0.2) is 66.9 Å². The molecule has 134 valence electrons. The van der Waals surface area contributed by atoms with Gasteiger partial charge in [0.1, 0.15) is 11.4 Å². The van der Waals surface area contributed by atoms with Crippen LogP contribution in [0, 0.1) is 25.7 Å². The summed E-state index contributed by atoms with van der Waals surface area (Å²) in [6, 6.07) is 18.9. The van der Waals surface area contributed by atoms with E-state index >= 15 is 0 Å². The monoisotopic (exact) mass is 356 g/mol. The molecular weight excluding hydrogens is 336 g/mol. The lowest BCUT2D eigenvalue weighted by Crippen LogP contribution is -2.20. The number of rotatable bonds is 4. The van der Waals surface area contributed by atoms with Gasteiger partial charge in [-0.05, 0) is 67.3 Å². The predicted molar refractivity (Wildman–Crippen MR) is 107 cm³/mol. The van der Waals surface area contributed by atoms with E-state index in [1.807, 2.05) is 74.5 Å². The molecule has 2 aromatic carbocycles. The van der Waals surface area contributed by atoms with Crippen molar-refractivity contribution < 1.29 is 9.53 Å². The van der Waals surface area contributed by atoms with Gasteiger partial charge in [-0.25, -0.2) is 4.98 Å². The van der Waals surface area contributed by atoms with Crippen LogP contribution in [0.1, 0.15) is 22.4 Å². The lowest BCUT2D eigenvalue weighted by atomic mass is 10.1. The molecule has 0 aliphatic rings. The molecule has 0 aliphatic heterocycles. The van der Waals surface area contributed by atoms with Gasteiger partial charge in [-0.3, -0.25) is 4.79 Å². The van der Waals surface area contributed by atoms with Crippen LogP contribution in [0.4, 0.5) is 5.69 Å². The highest BCUT2D eigenvalue weighted by Gasteiger charge is 2.06. The minimum Gasteiger partial charge on any atom is -0.483 e. The molecule has 4 nitrogen and oxygen atoms in total. The number of hydrogen-bond acceptors (Lipinski definition) is 3. The number of pyridine rings is 1. The first-order valence-corrected chi connectivity index (χ1v) is 8.63. The highest BCUT2D eigenvalue weighted by Crippen LogP contribution is 2.19. The number of benzene rings is 2.